The third-order valence-corrected chi connectivity index (χ3v) is 6.51. The highest BCUT2D eigenvalue weighted by Gasteiger charge is 2.39. The number of halogens is 1. The van der Waals surface area contributed by atoms with Crippen LogP contribution in [-0.4, -0.2) is 47.8 Å². The molecule has 5 heteroatoms. The second-order valence-corrected chi connectivity index (χ2v) is 8.33. The van der Waals surface area contributed by atoms with E-state index in [1.807, 2.05) is 4.90 Å². The first-order valence-electron chi connectivity index (χ1n) is 9.87. The molecule has 2 amide bonds. The Kier molecular flexibility index (Phi) is 4.72. The van der Waals surface area contributed by atoms with Crippen LogP contribution in [0.2, 0.25) is 0 Å². The summed E-state index contributed by atoms with van der Waals surface area (Å²) in [7, 11) is 0. The van der Waals surface area contributed by atoms with E-state index in [4.69, 9.17) is 0 Å². The van der Waals surface area contributed by atoms with Gasteiger partial charge in [-0.1, -0.05) is 0 Å². The van der Waals surface area contributed by atoms with Crippen molar-refractivity contribution in [2.45, 2.75) is 44.9 Å². The molecule has 4 rings (SSSR count). The van der Waals surface area contributed by atoms with Gasteiger partial charge in [0.2, 0.25) is 5.91 Å². The van der Waals surface area contributed by atoms with Gasteiger partial charge in [-0.2, -0.15) is 0 Å². The maximum atomic E-state index is 13.1. The first kappa shape index (κ1) is 17.5. The third-order valence-electron chi connectivity index (χ3n) is 6.51. The first-order chi connectivity index (χ1) is 12.5. The number of hydrogen-bond acceptors (Lipinski definition) is 2. The summed E-state index contributed by atoms with van der Waals surface area (Å²) in [5, 5.41) is 0. The Morgan fingerprint density at radius 1 is 1.04 bits per heavy atom. The lowest BCUT2D eigenvalue weighted by Gasteiger charge is -2.41. The monoisotopic (exact) mass is 358 g/mol. The highest BCUT2D eigenvalue weighted by atomic mass is 19.1. The Bertz CT molecular complexity index is 676. The number of likely N-dealkylation sites (tertiary alicyclic amines) is 2. The van der Waals surface area contributed by atoms with Crippen LogP contribution >= 0.6 is 0 Å². The summed E-state index contributed by atoms with van der Waals surface area (Å²) in [6.45, 7) is 3.28. The van der Waals surface area contributed by atoms with Crippen LogP contribution in [0.15, 0.2) is 24.3 Å². The molecule has 2 saturated heterocycles. The second-order valence-electron chi connectivity index (χ2n) is 8.33. The van der Waals surface area contributed by atoms with E-state index in [0.29, 0.717) is 17.9 Å². The van der Waals surface area contributed by atoms with E-state index in [-0.39, 0.29) is 17.1 Å². The van der Waals surface area contributed by atoms with Gasteiger partial charge in [0.15, 0.2) is 0 Å². The summed E-state index contributed by atoms with van der Waals surface area (Å²) in [6.07, 6.45) is 7.13. The standard InChI is InChI=1S/C21H27FN2O2/c22-18-5-3-17(4-6-18)20(26)23-12-9-21(10-13-23)8-7-19(25)24(14-11-21)15-16-1-2-16/h3-6,16H,1-2,7-15H2. The van der Waals surface area contributed by atoms with Gasteiger partial charge in [-0.05, 0) is 74.1 Å². The molecule has 2 heterocycles. The van der Waals surface area contributed by atoms with Crippen molar-refractivity contribution in [1.82, 2.24) is 9.80 Å². The molecule has 1 aromatic rings. The fraction of sp³-hybridized carbons (Fsp3) is 0.619. The Labute approximate surface area is 154 Å². The van der Waals surface area contributed by atoms with Crippen molar-refractivity contribution in [3.8, 4) is 0 Å². The minimum Gasteiger partial charge on any atom is -0.342 e. The lowest BCUT2D eigenvalue weighted by molar-refractivity contribution is -0.130. The van der Waals surface area contributed by atoms with Crippen LogP contribution in [0.5, 0.6) is 0 Å². The summed E-state index contributed by atoms with van der Waals surface area (Å²) >= 11 is 0. The second kappa shape index (κ2) is 7.01. The average molecular weight is 358 g/mol. The van der Waals surface area contributed by atoms with E-state index < -0.39 is 0 Å². The molecule has 1 spiro atoms. The maximum absolute atomic E-state index is 13.1. The average Bonchev–Trinajstić information content (AvgIpc) is 3.49. The summed E-state index contributed by atoms with van der Waals surface area (Å²) < 4.78 is 13.1. The molecule has 3 aliphatic rings. The fourth-order valence-electron chi connectivity index (χ4n) is 4.42. The van der Waals surface area contributed by atoms with Gasteiger partial charge in [-0.3, -0.25) is 9.59 Å². The molecular formula is C21H27FN2O2. The number of nitrogens with zero attached hydrogens (tertiary/aromatic N) is 2. The first-order valence-corrected chi connectivity index (χ1v) is 9.87. The number of rotatable bonds is 3. The van der Waals surface area contributed by atoms with Crippen molar-refractivity contribution in [3.05, 3.63) is 35.6 Å². The van der Waals surface area contributed by atoms with Crippen LogP contribution in [0.1, 0.15) is 55.3 Å². The van der Waals surface area contributed by atoms with Gasteiger partial charge in [0.05, 0.1) is 0 Å². The van der Waals surface area contributed by atoms with Crippen LogP contribution in [0.3, 0.4) is 0 Å². The fourth-order valence-corrected chi connectivity index (χ4v) is 4.42. The van der Waals surface area contributed by atoms with Crippen molar-refractivity contribution in [1.29, 1.82) is 0 Å². The zero-order valence-electron chi connectivity index (χ0n) is 15.3. The highest BCUT2D eigenvalue weighted by Crippen LogP contribution is 2.42. The molecule has 4 nitrogen and oxygen atoms in total. The highest BCUT2D eigenvalue weighted by molar-refractivity contribution is 5.94. The Morgan fingerprint density at radius 2 is 1.69 bits per heavy atom. The zero-order valence-corrected chi connectivity index (χ0v) is 15.3. The van der Waals surface area contributed by atoms with Crippen LogP contribution in [0.4, 0.5) is 4.39 Å². The van der Waals surface area contributed by atoms with Crippen molar-refractivity contribution in [3.63, 3.8) is 0 Å². The molecule has 0 atom stereocenters. The summed E-state index contributed by atoms with van der Waals surface area (Å²) in [5.41, 5.74) is 0.752. The molecule has 1 aromatic carbocycles. The molecule has 0 unspecified atom stereocenters. The van der Waals surface area contributed by atoms with E-state index in [1.165, 1.54) is 25.0 Å². The van der Waals surface area contributed by atoms with Gasteiger partial charge in [0.25, 0.3) is 5.91 Å². The zero-order chi connectivity index (χ0) is 18.1. The summed E-state index contributed by atoms with van der Waals surface area (Å²) in [5.74, 6) is 0.722. The normalized spacial score (nSPS) is 23.2. The molecule has 0 aromatic heterocycles. The topological polar surface area (TPSA) is 40.6 Å². The van der Waals surface area contributed by atoms with Gasteiger partial charge in [-0.15, -0.1) is 0 Å². The number of amides is 2. The van der Waals surface area contributed by atoms with Crippen molar-refractivity contribution in [2.24, 2.45) is 11.3 Å². The minimum absolute atomic E-state index is 0.0140. The molecule has 2 aliphatic heterocycles. The Balaban J connectivity index is 1.35. The number of carbonyl (C=O) groups excluding carboxylic acids is 2. The van der Waals surface area contributed by atoms with Gasteiger partial charge in [-0.25, -0.2) is 4.39 Å². The largest absolute Gasteiger partial charge is 0.342 e. The van der Waals surface area contributed by atoms with Gasteiger partial charge < -0.3 is 9.80 Å². The van der Waals surface area contributed by atoms with E-state index >= 15 is 0 Å². The molecule has 0 radical (unpaired) electrons. The van der Waals surface area contributed by atoms with Crippen LogP contribution in [-0.2, 0) is 4.79 Å². The molecule has 0 bridgehead atoms. The van der Waals surface area contributed by atoms with Gasteiger partial charge in [0.1, 0.15) is 5.82 Å². The molecule has 26 heavy (non-hydrogen) atoms. The lowest BCUT2D eigenvalue weighted by Crippen LogP contribution is -2.43. The number of hydrogen-bond donors (Lipinski definition) is 0. The van der Waals surface area contributed by atoms with E-state index in [9.17, 15) is 14.0 Å². The molecule has 140 valence electrons. The van der Waals surface area contributed by atoms with Crippen molar-refractivity contribution in [2.75, 3.05) is 26.2 Å². The maximum Gasteiger partial charge on any atom is 0.253 e. The smallest absolute Gasteiger partial charge is 0.253 e. The van der Waals surface area contributed by atoms with Gasteiger partial charge in [0, 0.05) is 38.2 Å². The van der Waals surface area contributed by atoms with E-state index in [0.717, 1.165) is 57.8 Å². The van der Waals surface area contributed by atoms with Crippen LogP contribution in [0, 0.1) is 17.2 Å². The predicted molar refractivity (Wildman–Crippen MR) is 97.1 cm³/mol. The van der Waals surface area contributed by atoms with Gasteiger partial charge >= 0.3 is 0 Å². The molecular weight excluding hydrogens is 331 g/mol. The van der Waals surface area contributed by atoms with Crippen molar-refractivity contribution >= 4 is 11.8 Å². The van der Waals surface area contributed by atoms with E-state index in [2.05, 4.69) is 4.90 Å². The summed E-state index contributed by atoms with van der Waals surface area (Å²) in [6, 6.07) is 5.79. The van der Waals surface area contributed by atoms with E-state index in [1.54, 1.807) is 12.1 Å². The number of benzene rings is 1. The number of carbonyl (C=O) groups is 2. The SMILES string of the molecule is O=C1CCC2(CCN1CC1CC1)CCN(C(=O)c1ccc(F)cc1)CC2. The predicted octanol–water partition coefficient (Wildman–Crippen LogP) is 3.47. The number of piperidine rings is 1. The minimum atomic E-state index is -0.321. The third kappa shape index (κ3) is 3.76. The van der Waals surface area contributed by atoms with Crippen LogP contribution < -0.4 is 0 Å². The Morgan fingerprint density at radius 3 is 2.35 bits per heavy atom. The molecule has 1 saturated carbocycles. The molecule has 1 aliphatic carbocycles. The summed E-state index contributed by atoms with van der Waals surface area (Å²) in [4.78, 5) is 29.0. The molecule has 0 N–H and O–H groups in total. The molecule has 3 fully saturated rings. The lowest BCUT2D eigenvalue weighted by atomic mass is 9.73. The quantitative estimate of drug-likeness (QED) is 0.830. The van der Waals surface area contributed by atoms with Crippen LogP contribution in [0.25, 0.3) is 0 Å². The van der Waals surface area contributed by atoms with Crippen molar-refractivity contribution < 1.29 is 14.0 Å². The Hall–Kier alpha value is -1.91.